The van der Waals surface area contributed by atoms with Gasteiger partial charge in [0, 0.05) is 31.4 Å². The van der Waals surface area contributed by atoms with Crippen molar-refractivity contribution in [1.82, 2.24) is 14.6 Å². The Morgan fingerprint density at radius 3 is 2.34 bits per heavy atom. The molecule has 0 fully saturated rings. The van der Waals surface area contributed by atoms with Crippen LogP contribution in [0.15, 0.2) is 70.3 Å². The van der Waals surface area contributed by atoms with Gasteiger partial charge in [-0.25, -0.2) is 8.42 Å². The van der Waals surface area contributed by atoms with E-state index in [0.717, 1.165) is 11.3 Å². The van der Waals surface area contributed by atoms with Crippen LogP contribution in [0.2, 0.25) is 0 Å². The molecule has 0 bridgehead atoms. The lowest BCUT2D eigenvalue weighted by Gasteiger charge is -2.18. The summed E-state index contributed by atoms with van der Waals surface area (Å²) in [6, 6.07) is 13.3. The molecule has 0 spiro atoms. The van der Waals surface area contributed by atoms with Crippen molar-refractivity contribution in [1.29, 1.82) is 0 Å². The van der Waals surface area contributed by atoms with Gasteiger partial charge in [-0.1, -0.05) is 19.9 Å². The van der Waals surface area contributed by atoms with E-state index in [9.17, 15) is 13.2 Å². The van der Waals surface area contributed by atoms with E-state index in [-0.39, 0.29) is 10.8 Å². The number of aromatic nitrogens is 1. The molecule has 7 nitrogen and oxygen atoms in total. The van der Waals surface area contributed by atoms with E-state index in [1.165, 1.54) is 28.6 Å². The number of furan rings is 1. The number of nitrogens with zero attached hydrogens (tertiary/aromatic N) is 2. The van der Waals surface area contributed by atoms with Gasteiger partial charge in [0.2, 0.25) is 10.0 Å². The molecule has 0 aliphatic carbocycles. The summed E-state index contributed by atoms with van der Waals surface area (Å²) < 4.78 is 31.7. The number of sulfonamides is 1. The smallest absolute Gasteiger partial charge is 0.251 e. The highest BCUT2D eigenvalue weighted by Crippen LogP contribution is 2.18. The van der Waals surface area contributed by atoms with Crippen LogP contribution < -0.4 is 5.32 Å². The third-order valence-electron chi connectivity index (χ3n) is 4.51. The fraction of sp³-hybridized carbons (Fsp3) is 0.238. The quantitative estimate of drug-likeness (QED) is 0.612. The number of hydrogen-bond acceptors (Lipinski definition) is 5. The number of nitrogens with one attached hydrogen (secondary N) is 1. The summed E-state index contributed by atoms with van der Waals surface area (Å²) in [5, 5.41) is 2.81. The van der Waals surface area contributed by atoms with Crippen LogP contribution in [0.1, 0.15) is 29.8 Å². The molecule has 1 N–H and O–H groups in total. The summed E-state index contributed by atoms with van der Waals surface area (Å²) in [5.41, 5.74) is 1.95. The highest BCUT2D eigenvalue weighted by Gasteiger charge is 2.21. The molecule has 0 aliphatic heterocycles. The minimum Gasteiger partial charge on any atom is -0.463 e. The van der Waals surface area contributed by atoms with E-state index < -0.39 is 10.0 Å². The average molecular weight is 413 g/mol. The van der Waals surface area contributed by atoms with Gasteiger partial charge in [-0.2, -0.15) is 4.31 Å². The maximum Gasteiger partial charge on any atom is 0.251 e. The predicted octanol–water partition coefficient (Wildman–Crippen LogP) is 3.30. The van der Waals surface area contributed by atoms with Gasteiger partial charge in [-0.3, -0.25) is 9.78 Å². The van der Waals surface area contributed by atoms with E-state index in [1.807, 2.05) is 18.2 Å². The van der Waals surface area contributed by atoms with Gasteiger partial charge in [0.15, 0.2) is 5.76 Å². The Kier molecular flexibility index (Phi) is 6.46. The van der Waals surface area contributed by atoms with Crippen molar-refractivity contribution in [3.05, 3.63) is 72.1 Å². The van der Waals surface area contributed by atoms with Gasteiger partial charge < -0.3 is 9.73 Å². The lowest BCUT2D eigenvalue weighted by atomic mass is 10.2. The van der Waals surface area contributed by atoms with Crippen molar-refractivity contribution in [3.8, 4) is 11.5 Å². The second kappa shape index (κ2) is 9.02. The first kappa shape index (κ1) is 20.8. The molecule has 0 atom stereocenters. The summed E-state index contributed by atoms with van der Waals surface area (Å²) >= 11 is 0. The number of carbonyl (C=O) groups is 1. The second-order valence-electron chi connectivity index (χ2n) is 6.33. The first-order valence-electron chi connectivity index (χ1n) is 9.33. The largest absolute Gasteiger partial charge is 0.463 e. The Morgan fingerprint density at radius 1 is 1.07 bits per heavy atom. The SMILES string of the molecule is CCN(CC)S(=O)(=O)c1ccc(C(=O)NCc2ccc(-c3ccco3)nc2)cc1. The van der Waals surface area contributed by atoms with Gasteiger partial charge in [0.25, 0.3) is 5.91 Å². The molecule has 2 aromatic heterocycles. The molecule has 8 heteroatoms. The number of rotatable bonds is 8. The molecule has 0 saturated carbocycles. The summed E-state index contributed by atoms with van der Waals surface area (Å²) in [6.07, 6.45) is 3.27. The topological polar surface area (TPSA) is 92.5 Å². The normalized spacial score (nSPS) is 11.6. The Balaban J connectivity index is 1.62. The molecular formula is C21H23N3O4S. The molecule has 0 radical (unpaired) electrons. The number of carbonyl (C=O) groups excluding carboxylic acids is 1. The Hall–Kier alpha value is -2.97. The van der Waals surface area contributed by atoms with Gasteiger partial charge in [-0.15, -0.1) is 0 Å². The summed E-state index contributed by atoms with van der Waals surface area (Å²) in [7, 11) is -3.54. The van der Waals surface area contributed by atoms with Gasteiger partial charge in [0.05, 0.1) is 11.2 Å². The molecule has 0 aliphatic rings. The highest BCUT2D eigenvalue weighted by molar-refractivity contribution is 7.89. The minimum atomic E-state index is -3.54. The summed E-state index contributed by atoms with van der Waals surface area (Å²) in [5.74, 6) is 0.396. The number of amides is 1. The van der Waals surface area contributed by atoms with Crippen LogP contribution in [0.5, 0.6) is 0 Å². The number of pyridine rings is 1. The van der Waals surface area contributed by atoms with Crippen LogP contribution in [0.3, 0.4) is 0 Å². The van der Waals surface area contributed by atoms with Crippen LogP contribution in [0.4, 0.5) is 0 Å². The zero-order valence-electron chi connectivity index (χ0n) is 16.3. The van der Waals surface area contributed by atoms with Crippen molar-refractivity contribution in [2.75, 3.05) is 13.1 Å². The van der Waals surface area contributed by atoms with Crippen LogP contribution >= 0.6 is 0 Å². The molecule has 3 rings (SSSR count). The first-order valence-corrected chi connectivity index (χ1v) is 10.8. The first-order chi connectivity index (χ1) is 14.0. The van der Waals surface area contributed by atoms with Crippen LogP contribution in [0.25, 0.3) is 11.5 Å². The fourth-order valence-corrected chi connectivity index (χ4v) is 4.33. The average Bonchev–Trinajstić information content (AvgIpc) is 3.28. The fourth-order valence-electron chi connectivity index (χ4n) is 2.87. The molecule has 152 valence electrons. The van der Waals surface area contributed by atoms with E-state index in [0.29, 0.717) is 31.0 Å². The van der Waals surface area contributed by atoms with Crippen molar-refractivity contribution in [2.24, 2.45) is 0 Å². The van der Waals surface area contributed by atoms with E-state index >= 15 is 0 Å². The van der Waals surface area contributed by atoms with Crippen LogP contribution in [0, 0.1) is 0 Å². The standard InChI is InChI=1S/C21H23N3O4S/c1-3-24(4-2)29(26,27)18-10-8-17(9-11-18)21(25)23-15-16-7-12-19(22-14-16)20-6-5-13-28-20/h5-14H,3-4,15H2,1-2H3,(H,23,25). The highest BCUT2D eigenvalue weighted by atomic mass is 32.2. The summed E-state index contributed by atoms with van der Waals surface area (Å²) in [6.45, 7) is 4.68. The lowest BCUT2D eigenvalue weighted by Crippen LogP contribution is -2.30. The Morgan fingerprint density at radius 2 is 1.79 bits per heavy atom. The van der Waals surface area contributed by atoms with E-state index in [4.69, 9.17) is 4.42 Å². The maximum atomic E-state index is 12.5. The second-order valence-corrected chi connectivity index (χ2v) is 8.26. The molecule has 2 heterocycles. The molecule has 0 saturated heterocycles. The van der Waals surface area contributed by atoms with Crippen LogP contribution in [-0.4, -0.2) is 36.7 Å². The van der Waals surface area contributed by atoms with Gasteiger partial charge >= 0.3 is 0 Å². The van der Waals surface area contributed by atoms with Gasteiger partial charge in [-0.05, 0) is 48.0 Å². The van der Waals surface area contributed by atoms with E-state index in [1.54, 1.807) is 32.4 Å². The molecule has 0 unspecified atom stereocenters. The molecule has 1 aromatic carbocycles. The van der Waals surface area contributed by atoms with Crippen molar-refractivity contribution in [3.63, 3.8) is 0 Å². The third kappa shape index (κ3) is 4.72. The van der Waals surface area contributed by atoms with Crippen molar-refractivity contribution in [2.45, 2.75) is 25.3 Å². The summed E-state index contributed by atoms with van der Waals surface area (Å²) in [4.78, 5) is 16.9. The van der Waals surface area contributed by atoms with E-state index in [2.05, 4.69) is 10.3 Å². The molecule has 29 heavy (non-hydrogen) atoms. The Bertz CT molecular complexity index is 1040. The molecule has 1 amide bonds. The lowest BCUT2D eigenvalue weighted by molar-refractivity contribution is 0.0950. The predicted molar refractivity (Wildman–Crippen MR) is 110 cm³/mol. The van der Waals surface area contributed by atoms with Crippen LogP contribution in [-0.2, 0) is 16.6 Å². The van der Waals surface area contributed by atoms with Gasteiger partial charge in [0.1, 0.15) is 5.69 Å². The monoisotopic (exact) mass is 413 g/mol. The zero-order valence-corrected chi connectivity index (χ0v) is 17.1. The maximum absolute atomic E-state index is 12.5. The number of benzene rings is 1. The molecule has 3 aromatic rings. The Labute approximate surface area is 170 Å². The van der Waals surface area contributed by atoms with Crippen molar-refractivity contribution >= 4 is 15.9 Å². The molecular weight excluding hydrogens is 390 g/mol. The third-order valence-corrected chi connectivity index (χ3v) is 6.58. The minimum absolute atomic E-state index is 0.176. The number of hydrogen-bond donors (Lipinski definition) is 1. The zero-order chi connectivity index (χ0) is 20.9. The van der Waals surface area contributed by atoms with Crippen molar-refractivity contribution < 1.29 is 17.6 Å².